The number of nitrogens with zero attached hydrogens (tertiary/aromatic N) is 4. The maximum absolute atomic E-state index is 10.3. The fourth-order valence-corrected chi connectivity index (χ4v) is 0.799. The lowest BCUT2D eigenvalue weighted by atomic mass is 10.4. The molecule has 2 aromatic rings. The summed E-state index contributed by atoms with van der Waals surface area (Å²) in [5.74, 6) is 0. The van der Waals surface area contributed by atoms with Crippen molar-refractivity contribution >= 4 is 11.9 Å². The van der Waals surface area contributed by atoms with E-state index in [1.54, 1.807) is 6.20 Å². The summed E-state index contributed by atoms with van der Waals surface area (Å²) in [6.45, 7) is 0. The van der Waals surface area contributed by atoms with Crippen LogP contribution < -0.4 is 0 Å². The third kappa shape index (κ3) is 0.861. The second kappa shape index (κ2) is 2.12. The average molecular weight is 148 g/mol. The van der Waals surface area contributed by atoms with Crippen molar-refractivity contribution in [3.8, 4) is 0 Å². The normalized spacial score (nSPS) is 10.2. The summed E-state index contributed by atoms with van der Waals surface area (Å²) < 4.78 is 1.45. The molecule has 0 aromatic carbocycles. The minimum atomic E-state index is 0.489. The highest BCUT2D eigenvalue weighted by Gasteiger charge is 1.95. The Bertz CT molecular complexity index is 394. The standard InChI is InChI=1S/C6H4N4O/c11-4-5-1-7-6-2-8-9-10(6)3-5/h1-4H. The summed E-state index contributed by atoms with van der Waals surface area (Å²) >= 11 is 0. The second-order valence-electron chi connectivity index (χ2n) is 2.04. The fraction of sp³-hybridized carbons (Fsp3) is 0. The minimum absolute atomic E-state index is 0.489. The van der Waals surface area contributed by atoms with Gasteiger partial charge in [-0.3, -0.25) is 4.79 Å². The monoisotopic (exact) mass is 148 g/mol. The van der Waals surface area contributed by atoms with E-state index in [1.807, 2.05) is 0 Å². The van der Waals surface area contributed by atoms with Gasteiger partial charge in [0.1, 0.15) is 0 Å². The molecule has 0 N–H and O–H groups in total. The Balaban J connectivity index is 2.76. The van der Waals surface area contributed by atoms with Gasteiger partial charge in [-0.15, -0.1) is 5.10 Å². The Morgan fingerprint density at radius 2 is 2.36 bits per heavy atom. The van der Waals surface area contributed by atoms with Crippen molar-refractivity contribution in [3.05, 3.63) is 24.2 Å². The van der Waals surface area contributed by atoms with Gasteiger partial charge in [0.2, 0.25) is 0 Å². The Labute approximate surface area is 61.7 Å². The van der Waals surface area contributed by atoms with Crippen LogP contribution >= 0.6 is 0 Å². The lowest BCUT2D eigenvalue weighted by Crippen LogP contribution is -1.92. The van der Waals surface area contributed by atoms with Crippen molar-refractivity contribution in [2.75, 3.05) is 0 Å². The van der Waals surface area contributed by atoms with E-state index in [-0.39, 0.29) is 0 Å². The van der Waals surface area contributed by atoms with Crippen LogP contribution in [0.5, 0.6) is 0 Å². The molecular formula is C6H4N4O. The number of hydrogen-bond donors (Lipinski definition) is 0. The molecule has 54 valence electrons. The lowest BCUT2D eigenvalue weighted by molar-refractivity contribution is 0.112. The molecule has 0 saturated heterocycles. The van der Waals surface area contributed by atoms with Crippen molar-refractivity contribution in [1.29, 1.82) is 0 Å². The zero-order valence-corrected chi connectivity index (χ0v) is 5.51. The molecule has 5 heteroatoms. The molecule has 0 aliphatic carbocycles. The van der Waals surface area contributed by atoms with Gasteiger partial charge < -0.3 is 0 Å². The summed E-state index contributed by atoms with van der Waals surface area (Å²) in [5, 5.41) is 7.28. The van der Waals surface area contributed by atoms with E-state index in [1.165, 1.54) is 16.9 Å². The van der Waals surface area contributed by atoms with E-state index in [4.69, 9.17) is 0 Å². The summed E-state index contributed by atoms with van der Waals surface area (Å²) in [5.41, 5.74) is 1.12. The van der Waals surface area contributed by atoms with E-state index in [2.05, 4.69) is 15.3 Å². The molecule has 11 heavy (non-hydrogen) atoms. The Morgan fingerprint density at radius 1 is 1.45 bits per heavy atom. The molecule has 2 aromatic heterocycles. The highest BCUT2D eigenvalue weighted by Crippen LogP contribution is 1.96. The van der Waals surface area contributed by atoms with Gasteiger partial charge in [0.25, 0.3) is 0 Å². The van der Waals surface area contributed by atoms with Crippen LogP contribution in [0.1, 0.15) is 10.4 Å². The first kappa shape index (κ1) is 5.96. The summed E-state index contributed by atoms with van der Waals surface area (Å²) in [6, 6.07) is 0. The van der Waals surface area contributed by atoms with Gasteiger partial charge in [-0.1, -0.05) is 5.21 Å². The van der Waals surface area contributed by atoms with Crippen LogP contribution in [0, 0.1) is 0 Å². The van der Waals surface area contributed by atoms with Crippen LogP contribution in [0.25, 0.3) is 5.65 Å². The molecule has 0 aliphatic rings. The summed E-state index contributed by atoms with van der Waals surface area (Å²) in [6.07, 6.45) is 5.29. The Morgan fingerprint density at radius 3 is 3.18 bits per heavy atom. The first-order chi connectivity index (χ1) is 5.40. The van der Waals surface area contributed by atoms with Crippen molar-refractivity contribution < 1.29 is 4.79 Å². The van der Waals surface area contributed by atoms with Crippen LogP contribution in [-0.4, -0.2) is 26.1 Å². The topological polar surface area (TPSA) is 60.2 Å². The van der Waals surface area contributed by atoms with Crippen molar-refractivity contribution in [1.82, 2.24) is 19.8 Å². The van der Waals surface area contributed by atoms with Crippen molar-refractivity contribution in [2.45, 2.75) is 0 Å². The molecule has 0 fully saturated rings. The van der Waals surface area contributed by atoms with E-state index in [0.29, 0.717) is 17.5 Å². The molecule has 0 unspecified atom stereocenters. The Kier molecular flexibility index (Phi) is 1.15. The molecular weight excluding hydrogens is 144 g/mol. The Hall–Kier alpha value is -1.78. The number of aldehydes is 1. The highest BCUT2D eigenvalue weighted by molar-refractivity contribution is 5.73. The molecule has 5 nitrogen and oxygen atoms in total. The third-order valence-corrected chi connectivity index (χ3v) is 1.31. The predicted octanol–water partition coefficient (Wildman–Crippen LogP) is -0.0632. The van der Waals surface area contributed by atoms with Gasteiger partial charge in [0.05, 0.1) is 11.8 Å². The van der Waals surface area contributed by atoms with Crippen LogP contribution in [0.15, 0.2) is 18.6 Å². The van der Waals surface area contributed by atoms with Crippen LogP contribution in [0.4, 0.5) is 0 Å². The van der Waals surface area contributed by atoms with Gasteiger partial charge in [-0.05, 0) is 0 Å². The van der Waals surface area contributed by atoms with Crippen LogP contribution in [-0.2, 0) is 0 Å². The van der Waals surface area contributed by atoms with Crippen LogP contribution in [0.2, 0.25) is 0 Å². The van der Waals surface area contributed by atoms with Gasteiger partial charge in [0.15, 0.2) is 11.9 Å². The molecule has 0 atom stereocenters. The SMILES string of the molecule is O=Cc1cnc2cnnn2c1. The van der Waals surface area contributed by atoms with Crippen molar-refractivity contribution in [2.24, 2.45) is 0 Å². The number of aromatic nitrogens is 4. The first-order valence-electron chi connectivity index (χ1n) is 3.01. The predicted molar refractivity (Wildman–Crippen MR) is 36.2 cm³/mol. The highest BCUT2D eigenvalue weighted by atomic mass is 16.1. The van der Waals surface area contributed by atoms with Crippen LogP contribution in [0.3, 0.4) is 0 Å². The van der Waals surface area contributed by atoms with E-state index in [0.717, 1.165) is 0 Å². The quantitative estimate of drug-likeness (QED) is 0.531. The first-order valence-corrected chi connectivity index (χ1v) is 3.01. The van der Waals surface area contributed by atoms with Crippen molar-refractivity contribution in [3.63, 3.8) is 0 Å². The lowest BCUT2D eigenvalue weighted by Gasteiger charge is -1.89. The minimum Gasteiger partial charge on any atom is -0.298 e. The van der Waals surface area contributed by atoms with Gasteiger partial charge >= 0.3 is 0 Å². The molecule has 0 radical (unpaired) electrons. The molecule has 0 saturated carbocycles. The molecule has 0 spiro atoms. The number of hydrogen-bond acceptors (Lipinski definition) is 4. The van der Waals surface area contributed by atoms with E-state index < -0.39 is 0 Å². The maximum Gasteiger partial charge on any atom is 0.175 e. The van der Waals surface area contributed by atoms with Gasteiger partial charge in [0, 0.05) is 12.4 Å². The van der Waals surface area contributed by atoms with Gasteiger partial charge in [-0.25, -0.2) is 9.50 Å². The summed E-state index contributed by atoms with van der Waals surface area (Å²) in [7, 11) is 0. The molecule has 0 aliphatic heterocycles. The number of fused-ring (bicyclic) bond motifs is 1. The average Bonchev–Trinajstić information content (AvgIpc) is 2.50. The fourth-order valence-electron chi connectivity index (χ4n) is 0.799. The maximum atomic E-state index is 10.3. The smallest absolute Gasteiger partial charge is 0.175 e. The van der Waals surface area contributed by atoms with Gasteiger partial charge in [-0.2, -0.15) is 0 Å². The molecule has 2 rings (SSSR count). The zero-order valence-electron chi connectivity index (χ0n) is 5.51. The zero-order chi connectivity index (χ0) is 7.68. The molecule has 0 bridgehead atoms. The molecule has 2 heterocycles. The summed E-state index contributed by atoms with van der Waals surface area (Å²) in [4.78, 5) is 14.2. The number of rotatable bonds is 1. The van der Waals surface area contributed by atoms with E-state index in [9.17, 15) is 4.79 Å². The third-order valence-electron chi connectivity index (χ3n) is 1.31. The second-order valence-corrected chi connectivity index (χ2v) is 2.04. The number of carbonyl (C=O) groups excluding carboxylic acids is 1. The van der Waals surface area contributed by atoms with E-state index >= 15 is 0 Å². The largest absolute Gasteiger partial charge is 0.298 e. The molecule has 0 amide bonds. The number of carbonyl (C=O) groups is 1.